The van der Waals surface area contributed by atoms with Crippen molar-refractivity contribution in [3.8, 4) is 0 Å². The second-order valence-corrected chi connectivity index (χ2v) is 4.55. The van der Waals surface area contributed by atoms with Crippen molar-refractivity contribution in [1.82, 2.24) is 14.7 Å². The van der Waals surface area contributed by atoms with Gasteiger partial charge in [0.25, 0.3) is 0 Å². The molecular formula is C11H17N3O2. The SMILES string of the molecule is CN1CC[C@H](c2cnn(C)c2)[C@@H](C(=O)O)C1. The van der Waals surface area contributed by atoms with E-state index in [2.05, 4.69) is 10.00 Å². The number of aliphatic carboxylic acids is 1. The lowest BCUT2D eigenvalue weighted by Gasteiger charge is -2.33. The quantitative estimate of drug-likeness (QED) is 0.795. The first-order chi connectivity index (χ1) is 7.58. The number of rotatable bonds is 2. The zero-order chi connectivity index (χ0) is 11.7. The molecule has 5 heteroatoms. The van der Waals surface area contributed by atoms with Gasteiger partial charge in [-0.05, 0) is 25.6 Å². The van der Waals surface area contributed by atoms with Crippen LogP contribution in [-0.2, 0) is 11.8 Å². The highest BCUT2D eigenvalue weighted by Gasteiger charge is 2.34. The van der Waals surface area contributed by atoms with Gasteiger partial charge < -0.3 is 10.0 Å². The van der Waals surface area contributed by atoms with Crippen LogP contribution in [0, 0.1) is 5.92 Å². The third kappa shape index (κ3) is 2.09. The summed E-state index contributed by atoms with van der Waals surface area (Å²) in [6.07, 6.45) is 4.59. The summed E-state index contributed by atoms with van der Waals surface area (Å²) >= 11 is 0. The van der Waals surface area contributed by atoms with Crippen molar-refractivity contribution in [1.29, 1.82) is 0 Å². The van der Waals surface area contributed by atoms with Gasteiger partial charge in [-0.25, -0.2) is 0 Å². The minimum Gasteiger partial charge on any atom is -0.481 e. The molecule has 16 heavy (non-hydrogen) atoms. The van der Waals surface area contributed by atoms with Gasteiger partial charge in [0.2, 0.25) is 0 Å². The lowest BCUT2D eigenvalue weighted by Crippen LogP contribution is -2.40. The van der Waals surface area contributed by atoms with E-state index in [0.29, 0.717) is 6.54 Å². The molecule has 0 saturated carbocycles. The summed E-state index contributed by atoms with van der Waals surface area (Å²) in [6, 6.07) is 0. The molecule has 1 aromatic heterocycles. The molecule has 0 bridgehead atoms. The zero-order valence-corrected chi connectivity index (χ0v) is 9.63. The largest absolute Gasteiger partial charge is 0.481 e. The molecule has 0 aliphatic carbocycles. The maximum absolute atomic E-state index is 11.2. The number of carboxylic acids is 1. The summed E-state index contributed by atoms with van der Waals surface area (Å²) in [4.78, 5) is 13.3. The number of piperidine rings is 1. The smallest absolute Gasteiger partial charge is 0.308 e. The summed E-state index contributed by atoms with van der Waals surface area (Å²) in [5, 5.41) is 13.4. The molecule has 2 rings (SSSR count). The van der Waals surface area contributed by atoms with E-state index >= 15 is 0 Å². The van der Waals surface area contributed by atoms with Gasteiger partial charge in [0.05, 0.1) is 12.1 Å². The number of hydrogen-bond donors (Lipinski definition) is 1. The van der Waals surface area contributed by atoms with E-state index < -0.39 is 5.97 Å². The van der Waals surface area contributed by atoms with Gasteiger partial charge in [0.1, 0.15) is 0 Å². The average Bonchev–Trinajstić information content (AvgIpc) is 2.64. The molecule has 2 heterocycles. The number of carbonyl (C=O) groups is 1. The van der Waals surface area contributed by atoms with Crippen LogP contribution >= 0.6 is 0 Å². The normalized spacial score (nSPS) is 26.9. The standard InChI is InChI=1S/C11H17N3O2/c1-13-4-3-9(10(7-13)11(15)16)8-5-12-14(2)6-8/h5-6,9-10H,3-4,7H2,1-2H3,(H,15,16)/t9-,10+/m1/s1. The Hall–Kier alpha value is -1.36. The Balaban J connectivity index is 2.21. The molecule has 1 aromatic rings. The van der Waals surface area contributed by atoms with Crippen LogP contribution < -0.4 is 0 Å². The van der Waals surface area contributed by atoms with Crippen LogP contribution in [0.3, 0.4) is 0 Å². The first-order valence-electron chi connectivity index (χ1n) is 5.48. The monoisotopic (exact) mass is 223 g/mol. The fraction of sp³-hybridized carbons (Fsp3) is 0.636. The van der Waals surface area contributed by atoms with Crippen LogP contribution in [0.25, 0.3) is 0 Å². The first kappa shape index (κ1) is 11.1. The highest BCUT2D eigenvalue weighted by molar-refractivity contribution is 5.71. The first-order valence-corrected chi connectivity index (χ1v) is 5.48. The zero-order valence-electron chi connectivity index (χ0n) is 9.63. The summed E-state index contributed by atoms with van der Waals surface area (Å²) < 4.78 is 1.73. The molecule has 88 valence electrons. The van der Waals surface area contributed by atoms with E-state index in [1.54, 1.807) is 10.9 Å². The molecule has 0 aromatic carbocycles. The van der Waals surface area contributed by atoms with Crippen LogP contribution in [-0.4, -0.2) is 45.9 Å². The van der Waals surface area contributed by atoms with Gasteiger partial charge in [-0.1, -0.05) is 0 Å². The summed E-state index contributed by atoms with van der Waals surface area (Å²) in [6.45, 7) is 1.57. The number of aryl methyl sites for hydroxylation is 1. The van der Waals surface area contributed by atoms with Crippen LogP contribution in [0.4, 0.5) is 0 Å². The lowest BCUT2D eigenvalue weighted by atomic mass is 9.82. The van der Waals surface area contributed by atoms with Crippen LogP contribution in [0.5, 0.6) is 0 Å². The second kappa shape index (κ2) is 4.25. The average molecular weight is 223 g/mol. The molecule has 0 spiro atoms. The summed E-state index contributed by atoms with van der Waals surface area (Å²) in [5.74, 6) is -0.925. The fourth-order valence-corrected chi connectivity index (χ4v) is 2.40. The van der Waals surface area contributed by atoms with Crippen LogP contribution in [0.15, 0.2) is 12.4 Å². The van der Waals surface area contributed by atoms with Gasteiger partial charge in [0, 0.05) is 25.7 Å². The Morgan fingerprint density at radius 1 is 1.56 bits per heavy atom. The predicted octanol–water partition coefficient (Wildman–Crippen LogP) is 0.540. The van der Waals surface area contributed by atoms with E-state index in [4.69, 9.17) is 0 Å². The van der Waals surface area contributed by atoms with Crippen molar-refractivity contribution >= 4 is 5.97 Å². The summed E-state index contributed by atoms with van der Waals surface area (Å²) in [5.41, 5.74) is 1.04. The van der Waals surface area contributed by atoms with Crippen molar-refractivity contribution in [2.75, 3.05) is 20.1 Å². The number of carboxylic acid groups (broad SMARTS) is 1. The molecular weight excluding hydrogens is 206 g/mol. The Bertz CT molecular complexity index is 388. The van der Waals surface area contributed by atoms with Crippen LogP contribution in [0.2, 0.25) is 0 Å². The van der Waals surface area contributed by atoms with Crippen molar-refractivity contribution < 1.29 is 9.90 Å². The van der Waals surface area contributed by atoms with Gasteiger partial charge in [-0.2, -0.15) is 5.10 Å². The molecule has 1 fully saturated rings. The maximum Gasteiger partial charge on any atom is 0.308 e. The molecule has 1 aliphatic heterocycles. The van der Waals surface area contributed by atoms with Crippen molar-refractivity contribution in [3.63, 3.8) is 0 Å². The highest BCUT2D eigenvalue weighted by Crippen LogP contribution is 2.32. The Kier molecular flexibility index (Phi) is 2.96. The maximum atomic E-state index is 11.2. The van der Waals surface area contributed by atoms with Crippen molar-refractivity contribution in [2.45, 2.75) is 12.3 Å². The third-order valence-corrected chi connectivity index (χ3v) is 3.29. The molecule has 0 radical (unpaired) electrons. The van der Waals surface area contributed by atoms with Crippen molar-refractivity contribution in [2.24, 2.45) is 13.0 Å². The molecule has 2 atom stereocenters. The number of nitrogens with zero attached hydrogens (tertiary/aromatic N) is 3. The third-order valence-electron chi connectivity index (χ3n) is 3.29. The van der Waals surface area contributed by atoms with E-state index in [0.717, 1.165) is 18.5 Å². The second-order valence-electron chi connectivity index (χ2n) is 4.55. The molecule has 0 unspecified atom stereocenters. The number of aromatic nitrogens is 2. The van der Waals surface area contributed by atoms with E-state index in [9.17, 15) is 9.90 Å². The topological polar surface area (TPSA) is 58.4 Å². The fourth-order valence-electron chi connectivity index (χ4n) is 2.40. The van der Waals surface area contributed by atoms with E-state index in [-0.39, 0.29) is 11.8 Å². The van der Waals surface area contributed by atoms with Crippen LogP contribution in [0.1, 0.15) is 17.9 Å². The highest BCUT2D eigenvalue weighted by atomic mass is 16.4. The number of hydrogen-bond acceptors (Lipinski definition) is 3. The molecule has 1 aliphatic rings. The van der Waals surface area contributed by atoms with E-state index in [1.807, 2.05) is 20.3 Å². The Labute approximate surface area is 94.7 Å². The predicted molar refractivity (Wildman–Crippen MR) is 59.2 cm³/mol. The molecule has 1 saturated heterocycles. The van der Waals surface area contributed by atoms with Gasteiger partial charge in [-0.3, -0.25) is 9.48 Å². The summed E-state index contributed by atoms with van der Waals surface area (Å²) in [7, 11) is 3.82. The minimum absolute atomic E-state index is 0.0994. The van der Waals surface area contributed by atoms with E-state index in [1.165, 1.54) is 0 Å². The van der Waals surface area contributed by atoms with Gasteiger partial charge in [-0.15, -0.1) is 0 Å². The molecule has 5 nitrogen and oxygen atoms in total. The van der Waals surface area contributed by atoms with Crippen molar-refractivity contribution in [3.05, 3.63) is 18.0 Å². The Morgan fingerprint density at radius 2 is 2.31 bits per heavy atom. The van der Waals surface area contributed by atoms with Gasteiger partial charge in [0.15, 0.2) is 0 Å². The van der Waals surface area contributed by atoms with Gasteiger partial charge >= 0.3 is 5.97 Å². The Morgan fingerprint density at radius 3 is 2.88 bits per heavy atom. The number of likely N-dealkylation sites (tertiary alicyclic amines) is 1. The molecule has 0 amide bonds. The lowest BCUT2D eigenvalue weighted by molar-refractivity contribution is -0.144. The minimum atomic E-state index is -0.708. The molecule has 1 N–H and O–H groups in total.